The molecule has 0 aromatic rings. The van der Waals surface area contributed by atoms with Crippen LogP contribution in [0.2, 0.25) is 0 Å². The molecule has 4 atom stereocenters. The molecule has 0 bridgehead atoms. The minimum atomic E-state index is -1.43. The Morgan fingerprint density at radius 3 is 1.97 bits per heavy atom. The maximum Gasteiger partial charge on any atom is 0.413 e. The van der Waals surface area contributed by atoms with Crippen molar-refractivity contribution < 1.29 is 37.9 Å². The average molecular weight is 412 g/mol. The Balaban J connectivity index is 0.972. The van der Waals surface area contributed by atoms with Crippen LogP contribution in [0.15, 0.2) is 0 Å². The Morgan fingerprint density at radius 2 is 1.45 bits per heavy atom. The van der Waals surface area contributed by atoms with Gasteiger partial charge in [0.25, 0.3) is 0 Å². The van der Waals surface area contributed by atoms with E-state index in [0.717, 1.165) is 32.1 Å². The molecule has 2 saturated carbocycles. The molecule has 4 saturated heterocycles. The quantitative estimate of drug-likeness (QED) is 0.587. The van der Waals surface area contributed by atoms with E-state index in [4.69, 9.17) is 37.9 Å². The van der Waals surface area contributed by atoms with Crippen molar-refractivity contribution in [2.45, 2.75) is 93.1 Å². The van der Waals surface area contributed by atoms with Crippen LogP contribution >= 0.6 is 0 Å². The van der Waals surface area contributed by atoms with Gasteiger partial charge in [0.15, 0.2) is 0 Å². The Labute approximate surface area is 171 Å². The lowest BCUT2D eigenvalue weighted by Crippen LogP contribution is -2.60. The summed E-state index contributed by atoms with van der Waals surface area (Å²) in [5.41, 5.74) is -0.573. The fraction of sp³-hybridized carbons (Fsp3) is 1.00. The largest absolute Gasteiger partial charge is 0.413 e. The highest BCUT2D eigenvalue weighted by Gasteiger charge is 2.61. The number of epoxide rings is 2. The lowest BCUT2D eigenvalue weighted by atomic mass is 10.0. The molecule has 8 nitrogen and oxygen atoms in total. The molecule has 8 heteroatoms. The van der Waals surface area contributed by atoms with E-state index in [2.05, 4.69) is 6.92 Å². The second-order valence-corrected chi connectivity index (χ2v) is 9.58. The Hall–Kier alpha value is -0.320. The zero-order valence-electron chi connectivity index (χ0n) is 17.2. The minimum Gasteiger partial charge on any atom is -0.370 e. The van der Waals surface area contributed by atoms with Gasteiger partial charge in [0.2, 0.25) is 0 Å². The summed E-state index contributed by atoms with van der Waals surface area (Å²) in [5, 5.41) is 0. The molecule has 0 amide bonds. The van der Waals surface area contributed by atoms with Crippen LogP contribution in [0.4, 0.5) is 0 Å². The first-order chi connectivity index (χ1) is 14.1. The molecule has 164 valence electrons. The zero-order valence-corrected chi connectivity index (χ0v) is 17.2. The first-order valence-electron chi connectivity index (χ1n) is 11.3. The van der Waals surface area contributed by atoms with E-state index in [-0.39, 0.29) is 17.3 Å². The van der Waals surface area contributed by atoms with Crippen LogP contribution in [0.25, 0.3) is 0 Å². The molecule has 0 radical (unpaired) electrons. The molecule has 6 rings (SSSR count). The van der Waals surface area contributed by atoms with E-state index in [1.807, 2.05) is 0 Å². The van der Waals surface area contributed by atoms with Gasteiger partial charge in [-0.2, -0.15) is 0 Å². The van der Waals surface area contributed by atoms with Crippen LogP contribution in [0.5, 0.6) is 0 Å². The van der Waals surface area contributed by atoms with Gasteiger partial charge in [-0.25, -0.2) is 0 Å². The van der Waals surface area contributed by atoms with Crippen molar-refractivity contribution in [1.29, 1.82) is 0 Å². The van der Waals surface area contributed by atoms with Gasteiger partial charge in [-0.3, -0.25) is 0 Å². The molecule has 6 aliphatic rings. The monoisotopic (exact) mass is 412 g/mol. The van der Waals surface area contributed by atoms with Crippen LogP contribution in [0.3, 0.4) is 0 Å². The highest BCUT2D eigenvalue weighted by Crippen LogP contribution is 2.51. The number of hydrogen-bond donors (Lipinski definition) is 0. The van der Waals surface area contributed by atoms with Crippen molar-refractivity contribution in [2.24, 2.45) is 0 Å². The normalized spacial score (nSPS) is 53.1. The van der Waals surface area contributed by atoms with Crippen LogP contribution in [0, 0.1) is 0 Å². The Bertz CT molecular complexity index is 624. The minimum absolute atomic E-state index is 0.0336. The molecular weight excluding hydrogens is 380 g/mol. The summed E-state index contributed by atoms with van der Waals surface area (Å²) in [5.74, 6) is 0. The van der Waals surface area contributed by atoms with Crippen LogP contribution in [-0.4, -0.2) is 80.9 Å². The first-order valence-corrected chi connectivity index (χ1v) is 11.3. The highest BCUT2D eigenvalue weighted by molar-refractivity contribution is 5.08. The second kappa shape index (κ2) is 6.84. The van der Waals surface area contributed by atoms with Gasteiger partial charge in [0.05, 0.1) is 51.8 Å². The SMILES string of the molecule is CCC1(OCC23CCCC2O3)COC2(OCC(OCC34CCCC3O4)CO2)OC1. The lowest BCUT2D eigenvalue weighted by molar-refractivity contribution is -0.546. The fourth-order valence-corrected chi connectivity index (χ4v) is 5.34. The van der Waals surface area contributed by atoms with E-state index >= 15 is 0 Å². The third-order valence-corrected chi connectivity index (χ3v) is 7.69. The highest BCUT2D eigenvalue weighted by atomic mass is 17.0. The van der Waals surface area contributed by atoms with Crippen molar-refractivity contribution in [1.82, 2.24) is 0 Å². The number of fused-ring (bicyclic) bond motifs is 2. The van der Waals surface area contributed by atoms with E-state index in [1.54, 1.807) is 0 Å². The number of rotatable bonds is 7. The van der Waals surface area contributed by atoms with Crippen LogP contribution in [-0.2, 0) is 37.9 Å². The predicted molar refractivity (Wildman–Crippen MR) is 98.2 cm³/mol. The molecule has 0 N–H and O–H groups in total. The molecule has 4 unspecified atom stereocenters. The van der Waals surface area contributed by atoms with Gasteiger partial charge in [-0.1, -0.05) is 6.92 Å². The van der Waals surface area contributed by atoms with Crippen molar-refractivity contribution in [2.75, 3.05) is 39.6 Å². The van der Waals surface area contributed by atoms with Gasteiger partial charge in [-0.05, 0) is 44.9 Å². The summed E-state index contributed by atoms with van der Waals surface area (Å²) >= 11 is 0. The molecular formula is C21H32O8. The molecule has 6 fully saturated rings. The Morgan fingerprint density at radius 1 is 0.828 bits per heavy atom. The molecule has 1 spiro atoms. The van der Waals surface area contributed by atoms with E-state index in [9.17, 15) is 0 Å². The maximum absolute atomic E-state index is 6.29. The summed E-state index contributed by atoms with van der Waals surface area (Å²) < 4.78 is 47.3. The van der Waals surface area contributed by atoms with Gasteiger partial charge >= 0.3 is 6.16 Å². The standard InChI is InChI=1S/C21H32O8/c1-2-18(25-14-20-8-4-6-17(20)29-20)11-26-21(27-12-18)23-9-15(10-24-21)22-13-19-7-3-5-16(19)28-19/h15-17H,2-14H2,1H3. The number of hydrogen-bond acceptors (Lipinski definition) is 8. The summed E-state index contributed by atoms with van der Waals surface area (Å²) in [6, 6.07) is 0. The summed E-state index contributed by atoms with van der Waals surface area (Å²) in [6.07, 6.45) is 6.94. The summed E-state index contributed by atoms with van der Waals surface area (Å²) in [6.45, 7) is 4.79. The summed E-state index contributed by atoms with van der Waals surface area (Å²) in [4.78, 5) is 0. The molecule has 4 aliphatic heterocycles. The average Bonchev–Trinajstić information content (AvgIpc) is 3.54. The maximum atomic E-state index is 6.29. The lowest BCUT2D eigenvalue weighted by Gasteiger charge is -2.46. The third kappa shape index (κ3) is 3.36. The third-order valence-electron chi connectivity index (χ3n) is 7.69. The smallest absolute Gasteiger partial charge is 0.370 e. The van der Waals surface area contributed by atoms with Gasteiger partial charge in [0.1, 0.15) is 22.9 Å². The first kappa shape index (κ1) is 19.4. The van der Waals surface area contributed by atoms with Gasteiger partial charge in [0, 0.05) is 0 Å². The van der Waals surface area contributed by atoms with Crippen LogP contribution in [0.1, 0.15) is 51.9 Å². The molecule has 29 heavy (non-hydrogen) atoms. The van der Waals surface area contributed by atoms with E-state index < -0.39 is 11.8 Å². The van der Waals surface area contributed by atoms with E-state index in [1.165, 1.54) is 12.8 Å². The molecule has 0 aromatic heterocycles. The van der Waals surface area contributed by atoms with Crippen molar-refractivity contribution in [3.05, 3.63) is 0 Å². The molecule has 4 heterocycles. The number of ether oxygens (including phenoxy) is 8. The van der Waals surface area contributed by atoms with Gasteiger partial charge in [-0.15, -0.1) is 0 Å². The molecule has 0 aromatic carbocycles. The Kier molecular flexibility index (Phi) is 4.57. The van der Waals surface area contributed by atoms with Crippen LogP contribution < -0.4 is 0 Å². The second-order valence-electron chi connectivity index (χ2n) is 9.58. The zero-order chi connectivity index (χ0) is 19.6. The van der Waals surface area contributed by atoms with Gasteiger partial charge < -0.3 is 37.9 Å². The molecule has 2 aliphatic carbocycles. The van der Waals surface area contributed by atoms with Crippen molar-refractivity contribution in [3.63, 3.8) is 0 Å². The summed E-state index contributed by atoms with van der Waals surface area (Å²) in [7, 11) is 0. The van der Waals surface area contributed by atoms with Crippen molar-refractivity contribution >= 4 is 0 Å². The van der Waals surface area contributed by atoms with Crippen molar-refractivity contribution in [3.8, 4) is 0 Å². The topological polar surface area (TPSA) is 80.4 Å². The predicted octanol–water partition coefficient (Wildman–Crippen LogP) is 1.88. The van der Waals surface area contributed by atoms with E-state index in [0.29, 0.717) is 51.8 Å². The fourth-order valence-electron chi connectivity index (χ4n) is 5.34.